The van der Waals surface area contributed by atoms with Gasteiger partial charge in [0.2, 0.25) is 0 Å². The average molecular weight is 343 g/mol. The normalized spacial score (nSPS) is 17.4. The van der Waals surface area contributed by atoms with Crippen LogP contribution in [0.4, 0.5) is 22.7 Å². The topological polar surface area (TPSA) is 74.0 Å². The maximum absolute atomic E-state index is 11.1. The fourth-order valence-electron chi connectivity index (χ4n) is 2.98. The van der Waals surface area contributed by atoms with Crippen molar-refractivity contribution in [2.24, 2.45) is 4.99 Å². The number of aliphatic imine (C=N–C) groups is 1. The Labute approximate surface area is 143 Å². The molecule has 7 nitrogen and oxygen atoms in total. The summed E-state index contributed by atoms with van der Waals surface area (Å²) in [6.07, 6.45) is 0. The molecule has 4 rings (SSSR count). The van der Waals surface area contributed by atoms with Gasteiger partial charge in [0.05, 0.1) is 27.5 Å². The number of fused-ring (bicyclic) bond motifs is 2. The highest BCUT2D eigenvalue weighted by Gasteiger charge is 2.25. The van der Waals surface area contributed by atoms with Crippen molar-refractivity contribution in [2.45, 2.75) is 0 Å². The van der Waals surface area contributed by atoms with Gasteiger partial charge in [-0.05, 0) is 13.1 Å². The zero-order chi connectivity index (χ0) is 16.7. The quantitative estimate of drug-likeness (QED) is 0.636. The number of benzene rings is 1. The van der Waals surface area contributed by atoms with Gasteiger partial charge < -0.3 is 15.1 Å². The molecule has 0 saturated carbocycles. The van der Waals surface area contributed by atoms with Crippen molar-refractivity contribution in [1.29, 1.82) is 0 Å². The van der Waals surface area contributed by atoms with E-state index in [0.29, 0.717) is 5.69 Å². The Morgan fingerprint density at radius 2 is 2.00 bits per heavy atom. The molecule has 24 heavy (non-hydrogen) atoms. The number of nitro benzene ring substituents is 1. The van der Waals surface area contributed by atoms with Gasteiger partial charge in [-0.15, -0.1) is 11.3 Å². The van der Waals surface area contributed by atoms with Crippen LogP contribution in [0.3, 0.4) is 0 Å². The summed E-state index contributed by atoms with van der Waals surface area (Å²) in [4.78, 5) is 20.1. The van der Waals surface area contributed by atoms with Crippen LogP contribution >= 0.6 is 11.3 Å². The second kappa shape index (κ2) is 5.88. The van der Waals surface area contributed by atoms with Crippen molar-refractivity contribution in [1.82, 2.24) is 9.80 Å². The lowest BCUT2D eigenvalue weighted by Crippen LogP contribution is -2.47. The van der Waals surface area contributed by atoms with Crippen LogP contribution in [0.2, 0.25) is 0 Å². The monoisotopic (exact) mass is 343 g/mol. The highest BCUT2D eigenvalue weighted by Crippen LogP contribution is 2.38. The lowest BCUT2D eigenvalue weighted by Gasteiger charge is -2.34. The molecule has 1 aromatic carbocycles. The summed E-state index contributed by atoms with van der Waals surface area (Å²) in [5, 5.41) is 18.6. The Hall–Kier alpha value is -2.45. The molecule has 1 N–H and O–H groups in total. The number of hydrogen-bond acceptors (Lipinski definition) is 7. The fraction of sp³-hybridized carbons (Fsp3) is 0.312. The van der Waals surface area contributed by atoms with Crippen molar-refractivity contribution >= 4 is 39.9 Å². The summed E-state index contributed by atoms with van der Waals surface area (Å²) in [7, 11) is 2.11. The van der Waals surface area contributed by atoms with Gasteiger partial charge in [-0.25, -0.2) is 4.99 Å². The summed E-state index contributed by atoms with van der Waals surface area (Å²) >= 11 is 1.63. The SMILES string of the molecule is CN1CCN(C2=Nc3cc([N+](=O)[O-])ccc3Nc3cscc32)CC1. The lowest BCUT2D eigenvalue weighted by atomic mass is 10.2. The molecule has 124 valence electrons. The minimum absolute atomic E-state index is 0.0569. The number of thiophene rings is 1. The number of anilines is 2. The van der Waals surface area contributed by atoms with Crippen LogP contribution in [0.5, 0.6) is 0 Å². The van der Waals surface area contributed by atoms with Gasteiger partial charge in [0.25, 0.3) is 5.69 Å². The van der Waals surface area contributed by atoms with Crippen molar-refractivity contribution in [3.63, 3.8) is 0 Å². The first-order chi connectivity index (χ1) is 11.6. The van der Waals surface area contributed by atoms with E-state index >= 15 is 0 Å². The van der Waals surface area contributed by atoms with Crippen LogP contribution in [0.25, 0.3) is 0 Å². The maximum atomic E-state index is 11.1. The fourth-order valence-corrected chi connectivity index (χ4v) is 3.74. The number of rotatable bonds is 1. The Morgan fingerprint density at radius 3 is 2.75 bits per heavy atom. The number of nitrogens with zero attached hydrogens (tertiary/aromatic N) is 4. The molecule has 2 aliphatic rings. The van der Waals surface area contributed by atoms with Gasteiger partial charge in [0.15, 0.2) is 0 Å². The van der Waals surface area contributed by atoms with Gasteiger partial charge in [0, 0.05) is 49.1 Å². The summed E-state index contributed by atoms with van der Waals surface area (Å²) < 4.78 is 0. The first kappa shape index (κ1) is 15.1. The van der Waals surface area contributed by atoms with Crippen LogP contribution in [-0.4, -0.2) is 53.8 Å². The van der Waals surface area contributed by atoms with Gasteiger partial charge in [-0.3, -0.25) is 10.1 Å². The molecule has 1 fully saturated rings. The zero-order valence-corrected chi connectivity index (χ0v) is 14.0. The lowest BCUT2D eigenvalue weighted by molar-refractivity contribution is -0.384. The van der Waals surface area contributed by atoms with E-state index in [9.17, 15) is 10.1 Å². The molecule has 0 unspecified atom stereocenters. The molecule has 2 aliphatic heterocycles. The molecule has 2 aromatic rings. The number of nitro groups is 1. The van der Waals surface area contributed by atoms with Gasteiger partial charge >= 0.3 is 0 Å². The van der Waals surface area contributed by atoms with Crippen molar-refractivity contribution in [3.05, 3.63) is 44.6 Å². The molecule has 0 atom stereocenters. The van der Waals surface area contributed by atoms with Crippen molar-refractivity contribution in [2.75, 3.05) is 38.5 Å². The van der Waals surface area contributed by atoms with Gasteiger partial charge in [-0.1, -0.05) is 0 Å². The van der Waals surface area contributed by atoms with Gasteiger partial charge in [0.1, 0.15) is 5.84 Å². The third-order valence-electron chi connectivity index (χ3n) is 4.39. The minimum Gasteiger partial charge on any atom is -0.353 e. The molecule has 8 heteroatoms. The molecule has 3 heterocycles. The highest BCUT2D eigenvalue weighted by molar-refractivity contribution is 7.08. The maximum Gasteiger partial charge on any atom is 0.271 e. The number of piperazine rings is 1. The van der Waals surface area contributed by atoms with E-state index in [0.717, 1.165) is 49.0 Å². The minimum atomic E-state index is -0.383. The van der Waals surface area contributed by atoms with E-state index in [1.807, 2.05) is 0 Å². The Kier molecular flexibility index (Phi) is 3.70. The molecule has 0 amide bonds. The molecule has 0 bridgehead atoms. The van der Waals surface area contributed by atoms with Crippen LogP contribution in [0, 0.1) is 10.1 Å². The summed E-state index contributed by atoms with van der Waals surface area (Å²) in [5.74, 6) is 0.895. The van der Waals surface area contributed by atoms with E-state index in [1.54, 1.807) is 17.4 Å². The summed E-state index contributed by atoms with van der Waals surface area (Å²) in [6, 6.07) is 4.77. The largest absolute Gasteiger partial charge is 0.353 e. The molecule has 0 radical (unpaired) electrons. The van der Waals surface area contributed by atoms with Crippen LogP contribution in [-0.2, 0) is 0 Å². The van der Waals surface area contributed by atoms with Crippen LogP contribution < -0.4 is 5.32 Å². The second-order valence-electron chi connectivity index (χ2n) is 6.01. The van der Waals surface area contributed by atoms with E-state index < -0.39 is 0 Å². The van der Waals surface area contributed by atoms with Gasteiger partial charge in [-0.2, -0.15) is 0 Å². The first-order valence-corrected chi connectivity index (χ1v) is 8.70. The predicted molar refractivity (Wildman–Crippen MR) is 96.0 cm³/mol. The first-order valence-electron chi connectivity index (χ1n) is 7.76. The van der Waals surface area contributed by atoms with E-state index in [-0.39, 0.29) is 10.6 Å². The number of non-ortho nitro benzene ring substituents is 1. The number of likely N-dealkylation sites (N-methyl/N-ethyl adjacent to an activating group) is 1. The van der Waals surface area contributed by atoms with E-state index in [1.165, 1.54) is 12.1 Å². The molecular weight excluding hydrogens is 326 g/mol. The molecule has 0 spiro atoms. The van der Waals surface area contributed by atoms with Crippen molar-refractivity contribution < 1.29 is 4.92 Å². The second-order valence-corrected chi connectivity index (χ2v) is 6.75. The molecule has 1 saturated heterocycles. The number of hydrogen-bond donors (Lipinski definition) is 1. The third-order valence-corrected chi connectivity index (χ3v) is 5.14. The zero-order valence-electron chi connectivity index (χ0n) is 13.2. The standard InChI is InChI=1S/C16H17N5O2S/c1-19-4-6-20(7-5-19)16-12-9-24-10-15(12)17-13-3-2-11(21(22)23)8-14(13)18-16/h2-3,8-10,17H,4-7H2,1H3. The van der Waals surface area contributed by atoms with E-state index in [4.69, 9.17) is 4.99 Å². The van der Waals surface area contributed by atoms with E-state index in [2.05, 4.69) is 32.9 Å². The third kappa shape index (κ3) is 2.63. The molecule has 1 aromatic heterocycles. The number of nitrogens with one attached hydrogen (secondary N) is 1. The number of amidine groups is 1. The summed E-state index contributed by atoms with van der Waals surface area (Å²) in [6.45, 7) is 3.76. The predicted octanol–water partition coefficient (Wildman–Crippen LogP) is 3.04. The average Bonchev–Trinajstić information content (AvgIpc) is 2.96. The van der Waals surface area contributed by atoms with Crippen LogP contribution in [0.1, 0.15) is 5.56 Å². The Morgan fingerprint density at radius 1 is 1.21 bits per heavy atom. The molecular formula is C16H17N5O2S. The van der Waals surface area contributed by atoms with Crippen molar-refractivity contribution in [3.8, 4) is 0 Å². The Balaban J connectivity index is 1.80. The Bertz CT molecular complexity index is 824. The van der Waals surface area contributed by atoms with Crippen LogP contribution in [0.15, 0.2) is 34.0 Å². The highest BCUT2D eigenvalue weighted by atomic mass is 32.1. The summed E-state index contributed by atoms with van der Waals surface area (Å²) in [5.41, 5.74) is 3.53. The smallest absolute Gasteiger partial charge is 0.271 e. The molecule has 0 aliphatic carbocycles.